The third-order valence-corrected chi connectivity index (χ3v) is 3.69. The molecule has 0 heterocycles. The summed E-state index contributed by atoms with van der Waals surface area (Å²) in [6, 6.07) is 10.4. The van der Waals surface area contributed by atoms with Crippen molar-refractivity contribution >= 4 is 5.69 Å². The van der Waals surface area contributed by atoms with Gasteiger partial charge in [-0.15, -0.1) is 0 Å². The summed E-state index contributed by atoms with van der Waals surface area (Å²) in [7, 11) is 0. The van der Waals surface area contributed by atoms with Gasteiger partial charge in [0.1, 0.15) is 11.8 Å². The largest absolute Gasteiger partial charge is 0.479 e. The third kappa shape index (κ3) is 4.17. The van der Waals surface area contributed by atoms with Crippen molar-refractivity contribution in [3.05, 3.63) is 24.3 Å². The van der Waals surface area contributed by atoms with Crippen LogP contribution in [-0.4, -0.2) is 12.6 Å². The topological polar surface area (TPSA) is 45.0 Å². The van der Waals surface area contributed by atoms with E-state index in [1.807, 2.05) is 24.3 Å². The van der Waals surface area contributed by atoms with Crippen molar-refractivity contribution in [1.29, 1.82) is 5.26 Å². The number of ether oxygens (including phenoxy) is 1. The van der Waals surface area contributed by atoms with E-state index in [1.165, 1.54) is 19.3 Å². The fourth-order valence-corrected chi connectivity index (χ4v) is 3.09. The molecule has 1 aromatic rings. The Bertz CT molecular complexity index is 442. The molecule has 0 amide bonds. The first-order valence-electron chi connectivity index (χ1n) is 7.03. The number of rotatable bonds is 4. The lowest BCUT2D eigenvalue weighted by molar-refractivity contribution is 0.281. The summed E-state index contributed by atoms with van der Waals surface area (Å²) in [5, 5.41) is 12.1. The zero-order chi connectivity index (χ0) is 13.7. The molecule has 0 radical (unpaired) electrons. The van der Waals surface area contributed by atoms with Gasteiger partial charge in [-0.3, -0.25) is 0 Å². The van der Waals surface area contributed by atoms with Crippen molar-refractivity contribution in [3.8, 4) is 11.8 Å². The summed E-state index contributed by atoms with van der Waals surface area (Å²) in [5.74, 6) is 2.34. The van der Waals surface area contributed by atoms with Gasteiger partial charge in [0.25, 0.3) is 0 Å². The van der Waals surface area contributed by atoms with Crippen LogP contribution < -0.4 is 10.1 Å². The van der Waals surface area contributed by atoms with E-state index in [2.05, 4.69) is 25.2 Å². The Morgan fingerprint density at radius 3 is 2.68 bits per heavy atom. The predicted octanol–water partition coefficient (Wildman–Crippen LogP) is 3.83. The molecule has 102 valence electrons. The first kappa shape index (κ1) is 13.7. The summed E-state index contributed by atoms with van der Waals surface area (Å²) < 4.78 is 5.33. The monoisotopic (exact) mass is 258 g/mol. The van der Waals surface area contributed by atoms with E-state index in [-0.39, 0.29) is 6.61 Å². The van der Waals surface area contributed by atoms with Crippen molar-refractivity contribution in [1.82, 2.24) is 0 Å². The highest BCUT2D eigenvalue weighted by molar-refractivity contribution is 5.49. The molecule has 2 unspecified atom stereocenters. The Hall–Kier alpha value is -1.69. The second kappa shape index (κ2) is 6.47. The van der Waals surface area contributed by atoms with Gasteiger partial charge in [0.05, 0.1) is 0 Å². The molecule has 0 aliphatic heterocycles. The quantitative estimate of drug-likeness (QED) is 0.892. The third-order valence-electron chi connectivity index (χ3n) is 3.69. The summed E-state index contributed by atoms with van der Waals surface area (Å²) in [6.45, 7) is 4.76. The van der Waals surface area contributed by atoms with E-state index in [1.54, 1.807) is 0 Å². The molecular formula is C16H22N2O. The minimum absolute atomic E-state index is 0.0982. The van der Waals surface area contributed by atoms with Crippen LogP contribution in [0.25, 0.3) is 0 Å². The van der Waals surface area contributed by atoms with Crippen LogP contribution in [0.2, 0.25) is 0 Å². The van der Waals surface area contributed by atoms with Gasteiger partial charge in [0.15, 0.2) is 6.61 Å². The van der Waals surface area contributed by atoms with Gasteiger partial charge in [-0.1, -0.05) is 19.9 Å². The molecule has 3 heteroatoms. The van der Waals surface area contributed by atoms with Crippen LogP contribution in [0.3, 0.4) is 0 Å². The maximum Gasteiger partial charge on any atom is 0.174 e. The number of hydrogen-bond donors (Lipinski definition) is 1. The lowest BCUT2D eigenvalue weighted by Gasteiger charge is -2.32. The molecule has 2 atom stereocenters. The Balaban J connectivity index is 1.96. The molecule has 19 heavy (non-hydrogen) atoms. The first-order valence-corrected chi connectivity index (χ1v) is 7.03. The average molecular weight is 258 g/mol. The standard InChI is InChI=1S/C16H22N2O/c1-12-8-13(2)10-15(9-12)18-14-4-3-5-16(11-14)19-7-6-17/h3-5,11-13,15,18H,7-10H2,1-2H3. The number of benzene rings is 1. The molecule has 1 aliphatic rings. The SMILES string of the molecule is CC1CC(C)CC(Nc2cccc(OCC#N)c2)C1. The minimum Gasteiger partial charge on any atom is -0.479 e. The molecule has 2 rings (SSSR count). The summed E-state index contributed by atoms with van der Waals surface area (Å²) in [4.78, 5) is 0. The van der Waals surface area contributed by atoms with E-state index in [4.69, 9.17) is 10.00 Å². The normalized spacial score (nSPS) is 26.5. The Morgan fingerprint density at radius 1 is 1.26 bits per heavy atom. The average Bonchev–Trinajstić information content (AvgIpc) is 2.35. The second-order valence-corrected chi connectivity index (χ2v) is 5.73. The molecule has 0 spiro atoms. The van der Waals surface area contributed by atoms with Gasteiger partial charge in [-0.2, -0.15) is 5.26 Å². The lowest BCUT2D eigenvalue weighted by atomic mass is 9.80. The lowest BCUT2D eigenvalue weighted by Crippen LogP contribution is -2.30. The number of nitriles is 1. The Kier molecular flexibility index (Phi) is 4.68. The molecule has 1 aromatic carbocycles. The first-order chi connectivity index (χ1) is 9.17. The van der Waals surface area contributed by atoms with Crippen LogP contribution >= 0.6 is 0 Å². The molecule has 3 nitrogen and oxygen atoms in total. The van der Waals surface area contributed by atoms with Gasteiger partial charge < -0.3 is 10.1 Å². The summed E-state index contributed by atoms with van der Waals surface area (Å²) >= 11 is 0. The smallest absolute Gasteiger partial charge is 0.174 e. The minimum atomic E-state index is 0.0982. The van der Waals surface area contributed by atoms with E-state index >= 15 is 0 Å². The molecule has 0 saturated heterocycles. The zero-order valence-corrected chi connectivity index (χ0v) is 11.7. The molecule has 1 N–H and O–H groups in total. The van der Waals surface area contributed by atoms with Crippen LogP contribution in [0, 0.1) is 23.2 Å². The second-order valence-electron chi connectivity index (χ2n) is 5.73. The molecule has 1 fully saturated rings. The Morgan fingerprint density at radius 2 is 2.00 bits per heavy atom. The number of nitrogens with one attached hydrogen (secondary N) is 1. The van der Waals surface area contributed by atoms with Crippen LogP contribution in [0.5, 0.6) is 5.75 Å². The Labute approximate surface area is 115 Å². The highest BCUT2D eigenvalue weighted by Crippen LogP contribution is 2.31. The van der Waals surface area contributed by atoms with Gasteiger partial charge in [-0.05, 0) is 43.2 Å². The fraction of sp³-hybridized carbons (Fsp3) is 0.562. The zero-order valence-electron chi connectivity index (χ0n) is 11.7. The maximum atomic E-state index is 8.53. The van der Waals surface area contributed by atoms with Crippen molar-refractivity contribution in [2.45, 2.75) is 39.2 Å². The molecule has 0 bridgehead atoms. The van der Waals surface area contributed by atoms with Gasteiger partial charge in [0, 0.05) is 17.8 Å². The van der Waals surface area contributed by atoms with Gasteiger partial charge >= 0.3 is 0 Å². The van der Waals surface area contributed by atoms with Crippen molar-refractivity contribution in [3.63, 3.8) is 0 Å². The van der Waals surface area contributed by atoms with Crippen LogP contribution in [0.15, 0.2) is 24.3 Å². The van der Waals surface area contributed by atoms with Crippen molar-refractivity contribution in [2.24, 2.45) is 11.8 Å². The van der Waals surface area contributed by atoms with E-state index in [9.17, 15) is 0 Å². The number of anilines is 1. The molecule has 1 saturated carbocycles. The highest BCUT2D eigenvalue weighted by atomic mass is 16.5. The van der Waals surface area contributed by atoms with Gasteiger partial charge in [-0.25, -0.2) is 0 Å². The number of hydrogen-bond acceptors (Lipinski definition) is 3. The fourth-order valence-electron chi connectivity index (χ4n) is 3.09. The highest BCUT2D eigenvalue weighted by Gasteiger charge is 2.23. The predicted molar refractivity (Wildman–Crippen MR) is 77.1 cm³/mol. The summed E-state index contributed by atoms with van der Waals surface area (Å²) in [5.41, 5.74) is 1.08. The van der Waals surface area contributed by atoms with Crippen LogP contribution in [0.1, 0.15) is 33.1 Å². The number of nitrogens with zero attached hydrogens (tertiary/aromatic N) is 1. The van der Waals surface area contributed by atoms with Crippen LogP contribution in [0.4, 0.5) is 5.69 Å². The molecular weight excluding hydrogens is 236 g/mol. The van der Waals surface area contributed by atoms with Crippen LogP contribution in [-0.2, 0) is 0 Å². The van der Waals surface area contributed by atoms with Crippen molar-refractivity contribution < 1.29 is 4.74 Å². The van der Waals surface area contributed by atoms with Gasteiger partial charge in [0.2, 0.25) is 0 Å². The van der Waals surface area contributed by atoms with E-state index in [0.29, 0.717) is 6.04 Å². The van der Waals surface area contributed by atoms with Crippen molar-refractivity contribution in [2.75, 3.05) is 11.9 Å². The van der Waals surface area contributed by atoms with E-state index in [0.717, 1.165) is 23.3 Å². The van der Waals surface area contributed by atoms with E-state index < -0.39 is 0 Å². The molecule has 0 aromatic heterocycles. The summed E-state index contributed by atoms with van der Waals surface area (Å²) in [6.07, 6.45) is 3.80. The molecule has 1 aliphatic carbocycles. The maximum absolute atomic E-state index is 8.53.